The lowest BCUT2D eigenvalue weighted by Crippen LogP contribution is -2.50. The van der Waals surface area contributed by atoms with E-state index in [-0.39, 0.29) is 16.7 Å². The first-order valence-corrected chi connectivity index (χ1v) is 10.8. The Balaban J connectivity index is 1.80. The van der Waals surface area contributed by atoms with Crippen molar-refractivity contribution in [2.24, 2.45) is 5.92 Å². The molecule has 1 N–H and O–H groups in total. The molecule has 0 fully saturated rings. The molecule has 0 spiro atoms. The SMILES string of the molecule is CC(C)C[C@H](NS(=O)(=O)c1ccccc1)C(=O)N1CCc2ccccc2C1. The Hall–Kier alpha value is -2.18. The molecule has 1 heterocycles. The van der Waals surface area contributed by atoms with Gasteiger partial charge in [-0.1, -0.05) is 56.3 Å². The van der Waals surface area contributed by atoms with E-state index in [1.165, 1.54) is 17.7 Å². The van der Waals surface area contributed by atoms with Crippen molar-refractivity contribution in [3.8, 4) is 0 Å². The molecular formula is C21H26N2O3S. The van der Waals surface area contributed by atoms with Gasteiger partial charge in [0.1, 0.15) is 6.04 Å². The number of sulfonamides is 1. The van der Waals surface area contributed by atoms with Crippen molar-refractivity contribution < 1.29 is 13.2 Å². The zero-order valence-corrected chi connectivity index (χ0v) is 16.6. The lowest BCUT2D eigenvalue weighted by molar-refractivity contribution is -0.134. The monoisotopic (exact) mass is 386 g/mol. The highest BCUT2D eigenvalue weighted by atomic mass is 32.2. The number of fused-ring (bicyclic) bond motifs is 1. The number of nitrogens with zero attached hydrogens (tertiary/aromatic N) is 1. The highest BCUT2D eigenvalue weighted by Crippen LogP contribution is 2.21. The van der Waals surface area contributed by atoms with Gasteiger partial charge in [-0.15, -0.1) is 0 Å². The van der Waals surface area contributed by atoms with E-state index >= 15 is 0 Å². The molecule has 0 saturated heterocycles. The molecule has 5 nitrogen and oxygen atoms in total. The largest absolute Gasteiger partial charge is 0.337 e. The molecule has 2 aromatic rings. The minimum absolute atomic E-state index is 0.155. The standard InChI is InChI=1S/C21H26N2O3S/c1-16(2)14-20(22-27(25,26)19-10-4-3-5-11-19)21(24)23-13-12-17-8-6-7-9-18(17)15-23/h3-11,16,20,22H,12-15H2,1-2H3/t20-/m0/s1. The van der Waals surface area contributed by atoms with Crippen LogP contribution in [-0.2, 0) is 27.8 Å². The van der Waals surface area contributed by atoms with Crippen LogP contribution in [0.2, 0.25) is 0 Å². The minimum atomic E-state index is -3.75. The molecule has 1 amide bonds. The van der Waals surface area contributed by atoms with E-state index in [2.05, 4.69) is 10.8 Å². The summed E-state index contributed by atoms with van der Waals surface area (Å²) >= 11 is 0. The van der Waals surface area contributed by atoms with Crippen LogP contribution in [0.15, 0.2) is 59.5 Å². The smallest absolute Gasteiger partial charge is 0.241 e. The Morgan fingerprint density at radius 3 is 2.33 bits per heavy atom. The first kappa shape index (κ1) is 19.6. The number of hydrogen-bond donors (Lipinski definition) is 1. The lowest BCUT2D eigenvalue weighted by Gasteiger charge is -2.32. The molecule has 0 radical (unpaired) electrons. The third-order valence-corrected chi connectivity index (χ3v) is 6.29. The third kappa shape index (κ3) is 4.76. The van der Waals surface area contributed by atoms with E-state index in [4.69, 9.17) is 0 Å². The zero-order valence-electron chi connectivity index (χ0n) is 15.8. The van der Waals surface area contributed by atoms with Gasteiger partial charge in [-0.2, -0.15) is 4.72 Å². The highest BCUT2D eigenvalue weighted by Gasteiger charge is 2.31. The summed E-state index contributed by atoms with van der Waals surface area (Å²) < 4.78 is 28.1. The van der Waals surface area contributed by atoms with Crippen molar-refractivity contribution in [1.82, 2.24) is 9.62 Å². The van der Waals surface area contributed by atoms with Gasteiger partial charge in [-0.25, -0.2) is 8.42 Å². The molecule has 0 saturated carbocycles. The van der Waals surface area contributed by atoms with Crippen molar-refractivity contribution in [2.75, 3.05) is 6.54 Å². The van der Waals surface area contributed by atoms with Crippen molar-refractivity contribution in [3.63, 3.8) is 0 Å². The fourth-order valence-corrected chi connectivity index (χ4v) is 4.65. The average Bonchev–Trinajstić information content (AvgIpc) is 2.66. The maximum atomic E-state index is 13.2. The molecule has 6 heteroatoms. The molecule has 0 aromatic heterocycles. The Morgan fingerprint density at radius 2 is 1.67 bits per heavy atom. The molecule has 1 aliphatic heterocycles. The van der Waals surface area contributed by atoms with E-state index in [1.54, 1.807) is 23.1 Å². The van der Waals surface area contributed by atoms with Crippen molar-refractivity contribution >= 4 is 15.9 Å². The van der Waals surface area contributed by atoms with E-state index < -0.39 is 16.1 Å². The Bertz CT molecular complexity index is 895. The lowest BCUT2D eigenvalue weighted by atomic mass is 9.98. The Morgan fingerprint density at radius 1 is 1.04 bits per heavy atom. The van der Waals surface area contributed by atoms with Crippen LogP contribution >= 0.6 is 0 Å². The number of nitrogens with one attached hydrogen (secondary N) is 1. The van der Waals surface area contributed by atoms with Gasteiger partial charge in [0.15, 0.2) is 0 Å². The molecule has 27 heavy (non-hydrogen) atoms. The maximum absolute atomic E-state index is 13.2. The van der Waals surface area contributed by atoms with Gasteiger partial charge >= 0.3 is 0 Å². The van der Waals surface area contributed by atoms with Crippen molar-refractivity contribution in [3.05, 3.63) is 65.7 Å². The number of carbonyl (C=O) groups is 1. The van der Waals surface area contributed by atoms with Gasteiger partial charge in [-0.3, -0.25) is 4.79 Å². The van der Waals surface area contributed by atoms with Crippen molar-refractivity contribution in [1.29, 1.82) is 0 Å². The quantitative estimate of drug-likeness (QED) is 0.830. The molecule has 144 valence electrons. The second-order valence-corrected chi connectivity index (χ2v) is 9.11. The van der Waals surface area contributed by atoms with Gasteiger partial charge in [0, 0.05) is 13.1 Å². The molecule has 2 aromatic carbocycles. The predicted octanol–water partition coefficient (Wildman–Crippen LogP) is 2.96. The van der Waals surface area contributed by atoms with Crippen LogP contribution in [0.25, 0.3) is 0 Å². The normalized spacial score (nSPS) is 15.4. The van der Waals surface area contributed by atoms with Gasteiger partial charge in [0.05, 0.1) is 4.90 Å². The fourth-order valence-electron chi connectivity index (χ4n) is 3.43. The second kappa shape index (κ2) is 8.23. The van der Waals surface area contributed by atoms with Crippen molar-refractivity contribution in [2.45, 2.75) is 44.2 Å². The molecular weight excluding hydrogens is 360 g/mol. The third-order valence-electron chi connectivity index (χ3n) is 4.80. The second-order valence-electron chi connectivity index (χ2n) is 7.39. The first-order chi connectivity index (χ1) is 12.9. The molecule has 0 aliphatic carbocycles. The molecule has 3 rings (SSSR count). The summed E-state index contributed by atoms with van der Waals surface area (Å²) in [6.07, 6.45) is 1.25. The fraction of sp³-hybridized carbons (Fsp3) is 0.381. The highest BCUT2D eigenvalue weighted by molar-refractivity contribution is 7.89. The van der Waals surface area contributed by atoms with Crippen LogP contribution in [0.4, 0.5) is 0 Å². The van der Waals surface area contributed by atoms with Gasteiger partial charge in [0.2, 0.25) is 15.9 Å². The number of hydrogen-bond acceptors (Lipinski definition) is 3. The van der Waals surface area contributed by atoms with Crippen LogP contribution in [0.3, 0.4) is 0 Å². The average molecular weight is 387 g/mol. The maximum Gasteiger partial charge on any atom is 0.241 e. The molecule has 0 unspecified atom stereocenters. The number of benzene rings is 2. The predicted molar refractivity (Wildman–Crippen MR) is 106 cm³/mol. The summed E-state index contributed by atoms with van der Waals surface area (Å²) in [5, 5.41) is 0. The van der Waals surface area contributed by atoms with E-state index in [1.807, 2.05) is 32.0 Å². The van der Waals surface area contributed by atoms with Crippen LogP contribution in [0.5, 0.6) is 0 Å². The Kier molecular flexibility index (Phi) is 5.97. The minimum Gasteiger partial charge on any atom is -0.337 e. The molecule has 1 atom stereocenters. The van der Waals surface area contributed by atoms with E-state index in [9.17, 15) is 13.2 Å². The topological polar surface area (TPSA) is 66.5 Å². The first-order valence-electron chi connectivity index (χ1n) is 9.30. The van der Waals surface area contributed by atoms with Crippen LogP contribution < -0.4 is 4.72 Å². The summed E-state index contributed by atoms with van der Waals surface area (Å²) in [7, 11) is -3.75. The zero-order chi connectivity index (χ0) is 19.4. The Labute approximate surface area is 161 Å². The van der Waals surface area contributed by atoms with E-state index in [0.717, 1.165) is 12.0 Å². The van der Waals surface area contributed by atoms with Crippen LogP contribution in [-0.4, -0.2) is 31.8 Å². The number of amides is 1. The van der Waals surface area contributed by atoms with Crippen LogP contribution in [0.1, 0.15) is 31.4 Å². The number of rotatable bonds is 6. The van der Waals surface area contributed by atoms with Gasteiger partial charge < -0.3 is 4.90 Å². The molecule has 0 bridgehead atoms. The summed E-state index contributed by atoms with van der Waals surface area (Å²) in [6.45, 7) is 5.11. The summed E-state index contributed by atoms with van der Waals surface area (Å²) in [5.74, 6) is 0.0345. The summed E-state index contributed by atoms with van der Waals surface area (Å²) in [5.41, 5.74) is 2.39. The van der Waals surface area contributed by atoms with Gasteiger partial charge in [0.25, 0.3) is 0 Å². The summed E-state index contributed by atoms with van der Waals surface area (Å²) in [4.78, 5) is 15.1. The van der Waals surface area contributed by atoms with Crippen LogP contribution in [0, 0.1) is 5.92 Å². The summed E-state index contributed by atoms with van der Waals surface area (Å²) in [6, 6.07) is 15.5. The number of carbonyl (C=O) groups excluding carboxylic acids is 1. The van der Waals surface area contributed by atoms with E-state index in [0.29, 0.717) is 19.5 Å². The molecule has 1 aliphatic rings. The van der Waals surface area contributed by atoms with Gasteiger partial charge in [-0.05, 0) is 42.0 Å².